The highest BCUT2D eigenvalue weighted by atomic mass is 32.2. The summed E-state index contributed by atoms with van der Waals surface area (Å²) in [5.74, 6) is 0.500. The number of nitrogens with zero attached hydrogens (tertiary/aromatic N) is 2. The summed E-state index contributed by atoms with van der Waals surface area (Å²) in [5, 5.41) is 9.41. The van der Waals surface area contributed by atoms with Crippen LogP contribution in [0.4, 0.5) is 5.69 Å². The molecule has 144 valence electrons. The van der Waals surface area contributed by atoms with Crippen molar-refractivity contribution in [1.82, 2.24) is 4.90 Å². The van der Waals surface area contributed by atoms with E-state index in [0.29, 0.717) is 6.54 Å². The summed E-state index contributed by atoms with van der Waals surface area (Å²) in [6, 6.07) is 15.8. The van der Waals surface area contributed by atoms with Crippen LogP contribution in [0.5, 0.6) is 5.75 Å². The van der Waals surface area contributed by atoms with Gasteiger partial charge in [-0.3, -0.25) is 4.79 Å². The second-order valence-corrected chi connectivity index (χ2v) is 7.92. The number of carbonyl (C=O) groups is 1. The van der Waals surface area contributed by atoms with Crippen molar-refractivity contribution in [3.05, 3.63) is 54.1 Å². The van der Waals surface area contributed by atoms with E-state index in [9.17, 15) is 9.90 Å². The summed E-state index contributed by atoms with van der Waals surface area (Å²) in [7, 11) is 2.08. The van der Waals surface area contributed by atoms with Gasteiger partial charge in [-0.1, -0.05) is 12.1 Å². The van der Waals surface area contributed by atoms with Gasteiger partial charge in [-0.15, -0.1) is 11.8 Å². The molecule has 1 fully saturated rings. The van der Waals surface area contributed by atoms with Gasteiger partial charge in [-0.05, 0) is 42.7 Å². The van der Waals surface area contributed by atoms with Crippen LogP contribution in [0, 0.1) is 0 Å². The van der Waals surface area contributed by atoms with E-state index in [1.54, 1.807) is 23.9 Å². The molecule has 1 heterocycles. The molecule has 2 N–H and O–H groups in total. The zero-order valence-corrected chi connectivity index (χ0v) is 16.8. The Morgan fingerprint density at radius 3 is 2.26 bits per heavy atom. The summed E-state index contributed by atoms with van der Waals surface area (Å²) in [4.78, 5) is 19.3. The minimum absolute atomic E-state index is 0.221. The quantitative estimate of drug-likeness (QED) is 0.739. The average Bonchev–Trinajstić information content (AvgIpc) is 2.69. The molecule has 0 radical (unpaired) electrons. The SMILES string of the molecule is CSc1ccc(C[NH+](C)CC(=O)N2CCN(c3ccc(O)cc3)CC2)cc1. The number of likely N-dealkylation sites (N-methyl/N-ethyl adjacent to an activating group) is 1. The number of thioether (sulfide) groups is 1. The van der Waals surface area contributed by atoms with Crippen LogP contribution in [-0.2, 0) is 11.3 Å². The maximum atomic E-state index is 12.6. The van der Waals surface area contributed by atoms with Crippen LogP contribution in [0.3, 0.4) is 0 Å². The number of rotatable bonds is 6. The summed E-state index contributed by atoms with van der Waals surface area (Å²) < 4.78 is 0. The molecular formula is C21H28N3O2S+. The third-order valence-corrected chi connectivity index (χ3v) is 5.71. The lowest BCUT2D eigenvalue weighted by atomic mass is 10.2. The fraction of sp³-hybridized carbons (Fsp3) is 0.381. The molecule has 2 aromatic carbocycles. The number of carbonyl (C=O) groups excluding carboxylic acids is 1. The first kappa shape index (κ1) is 19.6. The first-order valence-electron chi connectivity index (χ1n) is 9.31. The number of aromatic hydroxyl groups is 1. The predicted molar refractivity (Wildman–Crippen MR) is 111 cm³/mol. The van der Waals surface area contributed by atoms with Gasteiger partial charge in [0.15, 0.2) is 6.54 Å². The van der Waals surface area contributed by atoms with Crippen molar-refractivity contribution in [2.75, 3.05) is 50.9 Å². The van der Waals surface area contributed by atoms with Crippen LogP contribution in [0.15, 0.2) is 53.4 Å². The van der Waals surface area contributed by atoms with Crippen molar-refractivity contribution >= 4 is 23.4 Å². The Hall–Kier alpha value is -2.18. The number of amides is 1. The van der Waals surface area contributed by atoms with Gasteiger partial charge in [-0.25, -0.2) is 0 Å². The Labute approximate surface area is 165 Å². The molecule has 1 aliphatic rings. The maximum Gasteiger partial charge on any atom is 0.277 e. The zero-order valence-electron chi connectivity index (χ0n) is 16.0. The van der Waals surface area contributed by atoms with E-state index in [1.165, 1.54) is 15.4 Å². The van der Waals surface area contributed by atoms with Gasteiger partial charge in [0.1, 0.15) is 12.3 Å². The third-order valence-electron chi connectivity index (χ3n) is 4.97. The van der Waals surface area contributed by atoms with E-state index in [0.717, 1.165) is 38.4 Å². The number of piperazine rings is 1. The highest BCUT2D eigenvalue weighted by Crippen LogP contribution is 2.19. The maximum absolute atomic E-state index is 12.6. The smallest absolute Gasteiger partial charge is 0.277 e. The van der Waals surface area contributed by atoms with Crippen molar-refractivity contribution in [1.29, 1.82) is 0 Å². The molecule has 0 aromatic heterocycles. The number of benzene rings is 2. The van der Waals surface area contributed by atoms with Crippen LogP contribution in [0.25, 0.3) is 0 Å². The van der Waals surface area contributed by atoms with Gasteiger partial charge < -0.3 is 19.8 Å². The Bertz CT molecular complexity index is 741. The van der Waals surface area contributed by atoms with E-state index in [-0.39, 0.29) is 11.7 Å². The lowest BCUT2D eigenvalue weighted by molar-refractivity contribution is -0.885. The lowest BCUT2D eigenvalue weighted by Crippen LogP contribution is -3.09. The predicted octanol–water partition coefficient (Wildman–Crippen LogP) is 1.48. The van der Waals surface area contributed by atoms with Gasteiger partial charge in [0.25, 0.3) is 5.91 Å². The van der Waals surface area contributed by atoms with Crippen molar-refractivity contribution < 1.29 is 14.8 Å². The lowest BCUT2D eigenvalue weighted by Gasteiger charge is -2.36. The van der Waals surface area contributed by atoms with Crippen molar-refractivity contribution in [2.24, 2.45) is 0 Å². The van der Waals surface area contributed by atoms with E-state index in [1.807, 2.05) is 17.0 Å². The average molecular weight is 387 g/mol. The van der Waals surface area contributed by atoms with Gasteiger partial charge in [0, 0.05) is 42.3 Å². The second kappa shape index (κ2) is 9.15. The summed E-state index contributed by atoms with van der Waals surface area (Å²) in [6.07, 6.45) is 2.08. The van der Waals surface area contributed by atoms with E-state index >= 15 is 0 Å². The van der Waals surface area contributed by atoms with Crippen LogP contribution < -0.4 is 9.80 Å². The molecule has 27 heavy (non-hydrogen) atoms. The Morgan fingerprint density at radius 1 is 1.04 bits per heavy atom. The number of nitrogens with one attached hydrogen (secondary N) is 1. The molecule has 2 aromatic rings. The summed E-state index contributed by atoms with van der Waals surface area (Å²) in [5.41, 5.74) is 2.35. The Balaban J connectivity index is 1.46. The zero-order chi connectivity index (χ0) is 19.2. The number of hydrogen-bond donors (Lipinski definition) is 2. The van der Waals surface area contributed by atoms with Crippen molar-refractivity contribution in [3.8, 4) is 5.75 Å². The molecule has 3 rings (SSSR count). The molecule has 0 aliphatic carbocycles. The van der Waals surface area contributed by atoms with Crippen LogP contribution in [0.1, 0.15) is 5.56 Å². The fourth-order valence-corrected chi connectivity index (χ4v) is 3.81. The van der Waals surface area contributed by atoms with Gasteiger partial charge in [0.2, 0.25) is 0 Å². The monoisotopic (exact) mass is 386 g/mol. The van der Waals surface area contributed by atoms with Crippen LogP contribution >= 0.6 is 11.8 Å². The Kier molecular flexibility index (Phi) is 6.63. The summed E-state index contributed by atoms with van der Waals surface area (Å²) >= 11 is 1.74. The van der Waals surface area contributed by atoms with Crippen molar-refractivity contribution in [3.63, 3.8) is 0 Å². The molecule has 1 saturated heterocycles. The van der Waals surface area contributed by atoms with Gasteiger partial charge in [-0.2, -0.15) is 0 Å². The highest BCUT2D eigenvalue weighted by molar-refractivity contribution is 7.98. The molecule has 1 unspecified atom stereocenters. The second-order valence-electron chi connectivity index (χ2n) is 7.04. The molecule has 0 bridgehead atoms. The molecular weight excluding hydrogens is 358 g/mol. The standard InChI is InChI=1S/C21H27N3O2S/c1-22(15-17-3-9-20(27-2)10-4-17)16-21(26)24-13-11-23(12-14-24)18-5-7-19(25)8-6-18/h3-10,25H,11-16H2,1-2H3/p+1. The van der Waals surface area contributed by atoms with E-state index in [2.05, 4.69) is 42.5 Å². The number of phenols is 1. The molecule has 1 amide bonds. The van der Waals surface area contributed by atoms with E-state index < -0.39 is 0 Å². The topological polar surface area (TPSA) is 48.2 Å². The third kappa shape index (κ3) is 5.40. The first-order valence-corrected chi connectivity index (χ1v) is 10.5. The number of anilines is 1. The molecule has 0 spiro atoms. The highest BCUT2D eigenvalue weighted by Gasteiger charge is 2.23. The van der Waals surface area contributed by atoms with E-state index in [4.69, 9.17) is 0 Å². The fourth-order valence-electron chi connectivity index (χ4n) is 3.40. The summed E-state index contributed by atoms with van der Waals surface area (Å²) in [6.45, 7) is 4.51. The van der Waals surface area contributed by atoms with Crippen LogP contribution in [-0.4, -0.2) is 61.9 Å². The molecule has 0 saturated carbocycles. The van der Waals surface area contributed by atoms with Crippen LogP contribution in [0.2, 0.25) is 0 Å². The minimum Gasteiger partial charge on any atom is -0.508 e. The molecule has 1 aliphatic heterocycles. The molecule has 1 atom stereocenters. The van der Waals surface area contributed by atoms with Crippen molar-refractivity contribution in [2.45, 2.75) is 11.4 Å². The normalized spacial score (nSPS) is 15.6. The molecule has 6 heteroatoms. The van der Waals surface area contributed by atoms with Gasteiger partial charge >= 0.3 is 0 Å². The minimum atomic E-state index is 0.221. The Morgan fingerprint density at radius 2 is 1.67 bits per heavy atom. The number of phenolic OH excluding ortho intramolecular Hbond substituents is 1. The number of hydrogen-bond acceptors (Lipinski definition) is 4. The first-order chi connectivity index (χ1) is 13.0. The van der Waals surface area contributed by atoms with Gasteiger partial charge in [0.05, 0.1) is 7.05 Å². The largest absolute Gasteiger partial charge is 0.508 e. The molecule has 5 nitrogen and oxygen atoms in total. The number of quaternary nitrogens is 1.